The molecule has 0 amide bonds. The fourth-order valence-electron chi connectivity index (χ4n) is 0.0713. The van der Waals surface area contributed by atoms with Gasteiger partial charge in [-0.2, -0.15) is 0 Å². The van der Waals surface area contributed by atoms with Crippen LogP contribution in [0.1, 0.15) is 0 Å². The van der Waals surface area contributed by atoms with Gasteiger partial charge in [0.05, 0.1) is 0 Å². The van der Waals surface area contributed by atoms with E-state index in [4.69, 9.17) is 0 Å². The van der Waals surface area contributed by atoms with Gasteiger partial charge in [-0.25, -0.2) is 0 Å². The van der Waals surface area contributed by atoms with Crippen LogP contribution >= 0.6 is 24.0 Å². The summed E-state index contributed by atoms with van der Waals surface area (Å²) in [6.45, 7) is 3.47. The topological polar surface area (TPSA) is 0 Å². The molecule has 0 radical (unpaired) electrons. The molecule has 0 bridgehead atoms. The van der Waals surface area contributed by atoms with Gasteiger partial charge in [-0.15, -0.1) is 0 Å². The molecule has 0 aliphatic rings. The molecule has 0 aromatic heterocycles. The number of hydrogen-bond acceptors (Lipinski definition) is 2. The zero-order valence-corrected chi connectivity index (χ0v) is 6.56. The second-order valence-electron chi connectivity index (χ2n) is 0.550. The normalized spacial score (nSPS) is 7.50. The first-order valence-corrected chi connectivity index (χ1v) is 3.50. The monoisotopic (exact) mass is 184 g/mol. The van der Waals surface area contributed by atoms with Gasteiger partial charge < -0.3 is 0 Å². The summed E-state index contributed by atoms with van der Waals surface area (Å²) in [7, 11) is 0. The van der Waals surface area contributed by atoms with Crippen LogP contribution in [0.4, 0.5) is 0 Å². The maximum atomic E-state index is 4.66. The van der Waals surface area contributed by atoms with E-state index in [0.717, 1.165) is 3.10 Å². The van der Waals surface area contributed by atoms with Crippen LogP contribution in [-0.2, 0) is 0 Å². The molecule has 0 spiro atoms. The molecule has 0 aliphatic heterocycles. The zero-order chi connectivity index (χ0) is 4.99. The molecule has 0 aromatic carbocycles. The summed E-state index contributed by atoms with van der Waals surface area (Å²) in [5.74, 6) is 0. The van der Waals surface area contributed by atoms with E-state index in [1.807, 2.05) is 0 Å². The maximum absolute atomic E-state index is 4.66. The molecule has 0 unspecified atom stereocenters. The van der Waals surface area contributed by atoms with Gasteiger partial charge in [-0.05, 0) is 0 Å². The van der Waals surface area contributed by atoms with Crippen molar-refractivity contribution in [3.8, 4) is 0 Å². The van der Waals surface area contributed by atoms with Crippen LogP contribution in [0.25, 0.3) is 0 Å². The van der Waals surface area contributed by atoms with Gasteiger partial charge in [-0.1, -0.05) is 0 Å². The zero-order valence-electron chi connectivity index (χ0n) is 3.05. The Morgan fingerprint density at radius 1 is 2.00 bits per heavy atom. The molecular formula is C3H4S2Se. The third-order valence-electron chi connectivity index (χ3n) is 0.184. The SMILES string of the molecule is C=CSC(=S)[SeH]. The standard InChI is InChI=1S/C3H4S2Se/c1-2-5-3(4)6/h2H,1H2,(H,4,6). The van der Waals surface area contributed by atoms with Crippen LogP contribution in [0.5, 0.6) is 0 Å². The Labute approximate surface area is 55.2 Å². The summed E-state index contributed by atoms with van der Waals surface area (Å²) in [4.78, 5) is 0. The molecule has 0 saturated heterocycles. The first-order valence-electron chi connectivity index (χ1n) is 1.28. The average molecular weight is 183 g/mol. The Morgan fingerprint density at radius 2 is 2.50 bits per heavy atom. The van der Waals surface area contributed by atoms with Crippen molar-refractivity contribution >= 4 is 43.1 Å². The summed E-state index contributed by atoms with van der Waals surface area (Å²) < 4.78 is 0.859. The predicted octanol–water partition coefficient (Wildman–Crippen LogP) is 1.05. The quantitative estimate of drug-likeness (QED) is 0.440. The molecule has 6 heavy (non-hydrogen) atoms. The van der Waals surface area contributed by atoms with E-state index in [-0.39, 0.29) is 0 Å². The van der Waals surface area contributed by atoms with Crippen molar-refractivity contribution in [1.82, 2.24) is 0 Å². The van der Waals surface area contributed by atoms with Crippen LogP contribution in [0.15, 0.2) is 12.0 Å². The average Bonchev–Trinajstić information content (AvgIpc) is 1.35. The van der Waals surface area contributed by atoms with Crippen LogP contribution in [0, 0.1) is 0 Å². The molecule has 0 aliphatic carbocycles. The predicted molar refractivity (Wildman–Crippen MR) is 37.5 cm³/mol. The Bertz CT molecular complexity index is 69.2. The third-order valence-corrected chi connectivity index (χ3v) is 1.50. The second kappa shape index (κ2) is 3.87. The van der Waals surface area contributed by atoms with Gasteiger partial charge in [0.2, 0.25) is 0 Å². The number of rotatable bonds is 1. The van der Waals surface area contributed by atoms with Crippen molar-refractivity contribution in [2.24, 2.45) is 0 Å². The van der Waals surface area contributed by atoms with Gasteiger partial charge in [0.1, 0.15) is 0 Å². The number of thiocarbonyl (C=S) groups is 1. The summed E-state index contributed by atoms with van der Waals surface area (Å²) in [6, 6.07) is 0. The van der Waals surface area contributed by atoms with Crippen LogP contribution < -0.4 is 0 Å². The minimum absolute atomic E-state index is 0.859. The first-order chi connectivity index (χ1) is 2.77. The van der Waals surface area contributed by atoms with E-state index >= 15 is 0 Å². The minimum atomic E-state index is 0.859. The Hall–Kier alpha value is 0.699. The van der Waals surface area contributed by atoms with Crippen molar-refractivity contribution in [2.75, 3.05) is 0 Å². The molecule has 0 saturated carbocycles. The van der Waals surface area contributed by atoms with E-state index < -0.39 is 0 Å². The summed E-state index contributed by atoms with van der Waals surface area (Å²) in [5, 5.41) is 1.71. The Balaban J connectivity index is 3.05. The van der Waals surface area contributed by atoms with Gasteiger partial charge >= 0.3 is 55.1 Å². The van der Waals surface area contributed by atoms with Crippen LogP contribution in [-0.4, -0.2) is 19.1 Å². The van der Waals surface area contributed by atoms with Crippen LogP contribution in [0.2, 0.25) is 0 Å². The Kier molecular flexibility index (Phi) is 4.33. The molecule has 0 atom stereocenters. The molecule has 0 nitrogen and oxygen atoms in total. The molecule has 3 heteroatoms. The number of hydrogen-bond donors (Lipinski definition) is 0. The van der Waals surface area contributed by atoms with E-state index in [2.05, 4.69) is 34.8 Å². The summed E-state index contributed by atoms with van der Waals surface area (Å²) in [5.41, 5.74) is 0. The molecule has 0 fully saturated rings. The molecule has 0 aromatic rings. The molecule has 0 N–H and O–H groups in total. The molecular weight excluding hydrogens is 179 g/mol. The van der Waals surface area contributed by atoms with E-state index in [1.54, 1.807) is 5.41 Å². The Morgan fingerprint density at radius 3 is 2.50 bits per heavy atom. The van der Waals surface area contributed by atoms with Gasteiger partial charge in [0.15, 0.2) is 0 Å². The van der Waals surface area contributed by atoms with Crippen molar-refractivity contribution < 1.29 is 0 Å². The van der Waals surface area contributed by atoms with E-state index in [1.165, 1.54) is 11.8 Å². The van der Waals surface area contributed by atoms with E-state index in [9.17, 15) is 0 Å². The fraction of sp³-hybridized carbons (Fsp3) is 0. The molecule has 0 heterocycles. The summed E-state index contributed by atoms with van der Waals surface area (Å²) >= 11 is 8.38. The van der Waals surface area contributed by atoms with Crippen molar-refractivity contribution in [3.05, 3.63) is 12.0 Å². The van der Waals surface area contributed by atoms with Gasteiger partial charge in [-0.3, -0.25) is 0 Å². The van der Waals surface area contributed by atoms with Crippen LogP contribution in [0.3, 0.4) is 0 Å². The van der Waals surface area contributed by atoms with Crippen molar-refractivity contribution in [2.45, 2.75) is 0 Å². The summed E-state index contributed by atoms with van der Waals surface area (Å²) in [6.07, 6.45) is 0. The van der Waals surface area contributed by atoms with Gasteiger partial charge in [0.25, 0.3) is 0 Å². The van der Waals surface area contributed by atoms with Crippen molar-refractivity contribution in [1.29, 1.82) is 0 Å². The first kappa shape index (κ1) is 6.70. The number of thioether (sulfide) groups is 1. The van der Waals surface area contributed by atoms with E-state index in [0.29, 0.717) is 0 Å². The fourth-order valence-corrected chi connectivity index (χ4v) is 0.887. The second-order valence-corrected chi connectivity index (χ2v) is 4.45. The molecule has 34 valence electrons. The van der Waals surface area contributed by atoms with Gasteiger partial charge in [0, 0.05) is 0 Å². The van der Waals surface area contributed by atoms with Crippen molar-refractivity contribution in [3.63, 3.8) is 0 Å². The molecule has 0 rings (SSSR count). The third kappa shape index (κ3) is 4.70.